The number of aromatic nitrogens is 3. The lowest BCUT2D eigenvalue weighted by atomic mass is 10.1. The van der Waals surface area contributed by atoms with Crippen molar-refractivity contribution in [2.75, 3.05) is 5.73 Å². The van der Waals surface area contributed by atoms with E-state index in [4.69, 9.17) is 10.3 Å². The Morgan fingerprint density at radius 1 is 1.22 bits per heavy atom. The Labute approximate surface area is 119 Å². The molecule has 0 saturated carbocycles. The molecule has 0 aliphatic carbocycles. The molecule has 0 radical (unpaired) electrons. The largest absolute Gasteiger partial charge is 0.383 e. The number of nitrogen functional groups attached to an aromatic ring is 1. The molecule has 0 bridgehead atoms. The molecule has 2 heterocycles. The minimum absolute atomic E-state index is 0.293. The van der Waals surface area contributed by atoms with E-state index < -0.39 is 0 Å². The molecule has 0 unspecified atom stereocenters. The molecule has 0 atom stereocenters. The van der Waals surface area contributed by atoms with Crippen LogP contribution in [-0.4, -0.2) is 15.1 Å². The lowest BCUT2D eigenvalue weighted by Gasteiger charge is -2.11. The minimum Gasteiger partial charge on any atom is -0.383 e. The van der Waals surface area contributed by atoms with Crippen LogP contribution in [0.3, 0.4) is 0 Å². The summed E-state index contributed by atoms with van der Waals surface area (Å²) in [5, 5.41) is 3.92. The molecule has 0 aliphatic rings. The lowest BCUT2D eigenvalue weighted by molar-refractivity contribution is 0.393. The Balaban J connectivity index is 2.67. The van der Waals surface area contributed by atoms with Gasteiger partial charge in [0.1, 0.15) is 11.6 Å². The molecular formula is C12H15IN4O. The zero-order valence-corrected chi connectivity index (χ0v) is 12.9. The van der Waals surface area contributed by atoms with Gasteiger partial charge in [0.15, 0.2) is 5.82 Å². The molecule has 0 amide bonds. The van der Waals surface area contributed by atoms with Crippen molar-refractivity contribution in [3.05, 3.63) is 20.7 Å². The van der Waals surface area contributed by atoms with Gasteiger partial charge in [0, 0.05) is 0 Å². The smallest absolute Gasteiger partial charge is 0.167 e. The van der Waals surface area contributed by atoms with E-state index in [1.165, 1.54) is 0 Å². The third-order valence-electron chi connectivity index (χ3n) is 2.71. The molecule has 2 aromatic heterocycles. The number of hydrogen-bond acceptors (Lipinski definition) is 5. The lowest BCUT2D eigenvalue weighted by Crippen LogP contribution is -2.06. The van der Waals surface area contributed by atoms with Gasteiger partial charge < -0.3 is 10.3 Å². The third-order valence-corrected chi connectivity index (χ3v) is 3.81. The number of nitrogens with zero attached hydrogens (tertiary/aromatic N) is 3. The Morgan fingerprint density at radius 3 is 2.39 bits per heavy atom. The average Bonchev–Trinajstić information content (AvgIpc) is 2.62. The quantitative estimate of drug-likeness (QED) is 0.835. The fraction of sp³-hybridized carbons (Fsp3) is 0.417. The summed E-state index contributed by atoms with van der Waals surface area (Å²) in [5.41, 5.74) is 8.53. The number of hydrogen-bond donors (Lipinski definition) is 1. The summed E-state index contributed by atoms with van der Waals surface area (Å²) in [4.78, 5) is 8.94. The van der Waals surface area contributed by atoms with E-state index in [9.17, 15) is 0 Å². The fourth-order valence-corrected chi connectivity index (χ4v) is 2.64. The van der Waals surface area contributed by atoms with Crippen LogP contribution in [0.2, 0.25) is 0 Å². The van der Waals surface area contributed by atoms with Gasteiger partial charge in [0.2, 0.25) is 0 Å². The third kappa shape index (κ3) is 2.21. The van der Waals surface area contributed by atoms with Crippen LogP contribution in [0.1, 0.15) is 36.9 Å². The van der Waals surface area contributed by atoms with Gasteiger partial charge in [-0.05, 0) is 42.4 Å². The van der Waals surface area contributed by atoms with Gasteiger partial charge in [-0.25, -0.2) is 9.97 Å². The maximum atomic E-state index is 5.96. The molecule has 2 N–H and O–H groups in total. The maximum absolute atomic E-state index is 5.96. The number of rotatable bonds is 2. The molecule has 0 fully saturated rings. The first-order valence-electron chi connectivity index (χ1n) is 5.68. The van der Waals surface area contributed by atoms with Crippen molar-refractivity contribution in [1.29, 1.82) is 0 Å². The van der Waals surface area contributed by atoms with Gasteiger partial charge >= 0.3 is 0 Å². The second-order valence-electron chi connectivity index (χ2n) is 4.49. The van der Waals surface area contributed by atoms with E-state index in [0.29, 0.717) is 23.3 Å². The van der Waals surface area contributed by atoms with Gasteiger partial charge in [-0.3, -0.25) is 0 Å². The molecule has 5 nitrogen and oxygen atoms in total. The van der Waals surface area contributed by atoms with Crippen LogP contribution >= 0.6 is 22.6 Å². The van der Waals surface area contributed by atoms with Gasteiger partial charge in [-0.15, -0.1) is 0 Å². The Morgan fingerprint density at radius 2 is 1.89 bits per heavy atom. The highest BCUT2D eigenvalue weighted by Crippen LogP contribution is 2.29. The van der Waals surface area contributed by atoms with Crippen LogP contribution in [0.5, 0.6) is 0 Å². The van der Waals surface area contributed by atoms with Gasteiger partial charge in [-0.2, -0.15) is 0 Å². The summed E-state index contributed by atoms with van der Waals surface area (Å²) < 4.78 is 6.06. The molecule has 0 saturated heterocycles. The van der Waals surface area contributed by atoms with E-state index in [1.807, 2.05) is 13.8 Å². The highest BCUT2D eigenvalue weighted by Gasteiger charge is 2.19. The van der Waals surface area contributed by atoms with E-state index in [0.717, 1.165) is 20.5 Å². The van der Waals surface area contributed by atoms with Crippen LogP contribution in [0.4, 0.5) is 5.82 Å². The molecule has 2 aromatic rings. The van der Waals surface area contributed by atoms with Crippen LogP contribution in [-0.2, 0) is 0 Å². The molecule has 18 heavy (non-hydrogen) atoms. The normalized spacial score (nSPS) is 11.2. The molecule has 2 rings (SSSR count). The second-order valence-corrected chi connectivity index (χ2v) is 5.56. The Bertz CT molecular complexity index is 573. The average molecular weight is 358 g/mol. The summed E-state index contributed by atoms with van der Waals surface area (Å²) in [6.07, 6.45) is 0. The summed E-state index contributed by atoms with van der Waals surface area (Å²) in [6.45, 7) is 7.89. The fourth-order valence-electron chi connectivity index (χ4n) is 1.78. The van der Waals surface area contributed by atoms with E-state index in [-0.39, 0.29) is 0 Å². The van der Waals surface area contributed by atoms with E-state index in [2.05, 4.69) is 51.6 Å². The summed E-state index contributed by atoms with van der Waals surface area (Å²) in [7, 11) is 0. The van der Waals surface area contributed by atoms with Crippen LogP contribution in [0.15, 0.2) is 4.52 Å². The molecule has 0 spiro atoms. The van der Waals surface area contributed by atoms with Crippen molar-refractivity contribution < 1.29 is 4.52 Å². The van der Waals surface area contributed by atoms with E-state index in [1.54, 1.807) is 0 Å². The number of anilines is 1. The van der Waals surface area contributed by atoms with Gasteiger partial charge in [-0.1, -0.05) is 19.0 Å². The Hall–Kier alpha value is -1.18. The van der Waals surface area contributed by atoms with Crippen molar-refractivity contribution in [2.24, 2.45) is 0 Å². The zero-order chi connectivity index (χ0) is 13.4. The maximum Gasteiger partial charge on any atom is 0.167 e. The first kappa shape index (κ1) is 13.3. The first-order chi connectivity index (χ1) is 8.41. The minimum atomic E-state index is 0.293. The van der Waals surface area contributed by atoms with Crippen LogP contribution in [0.25, 0.3) is 11.4 Å². The van der Waals surface area contributed by atoms with Crippen molar-refractivity contribution in [3.8, 4) is 11.4 Å². The summed E-state index contributed by atoms with van der Waals surface area (Å²) in [5.74, 6) is 2.10. The monoisotopic (exact) mass is 358 g/mol. The second kappa shape index (κ2) is 4.83. The highest BCUT2D eigenvalue weighted by molar-refractivity contribution is 14.1. The molecule has 6 heteroatoms. The predicted molar refractivity (Wildman–Crippen MR) is 78.2 cm³/mol. The zero-order valence-electron chi connectivity index (χ0n) is 10.8. The van der Waals surface area contributed by atoms with Gasteiger partial charge in [0.25, 0.3) is 0 Å². The van der Waals surface area contributed by atoms with Crippen molar-refractivity contribution >= 4 is 28.4 Å². The molecule has 96 valence electrons. The van der Waals surface area contributed by atoms with E-state index >= 15 is 0 Å². The van der Waals surface area contributed by atoms with Crippen LogP contribution in [0, 0.1) is 17.4 Å². The topological polar surface area (TPSA) is 77.8 Å². The summed E-state index contributed by atoms with van der Waals surface area (Å²) in [6, 6.07) is 0. The standard InChI is InChI=1S/C12H15IN4O/c1-5(2)10-9(13)11(14)16-12(15-10)8-6(3)17-18-7(8)4/h5H,1-4H3,(H2,14,15,16). The number of aryl methyl sites for hydroxylation is 2. The number of halogens is 1. The SMILES string of the molecule is Cc1noc(C)c1-c1nc(N)c(I)c(C(C)C)n1. The molecule has 0 aliphatic heterocycles. The first-order valence-corrected chi connectivity index (χ1v) is 6.75. The van der Waals surface area contributed by atoms with Crippen molar-refractivity contribution in [1.82, 2.24) is 15.1 Å². The highest BCUT2D eigenvalue weighted by atomic mass is 127. The Kier molecular flexibility index (Phi) is 3.56. The van der Waals surface area contributed by atoms with Gasteiger partial charge in [0.05, 0.1) is 20.5 Å². The number of nitrogens with two attached hydrogens (primary N) is 1. The molecule has 0 aromatic carbocycles. The van der Waals surface area contributed by atoms with Crippen molar-refractivity contribution in [3.63, 3.8) is 0 Å². The predicted octanol–water partition coefficient (Wildman–Crippen LogP) is 3.06. The summed E-state index contributed by atoms with van der Waals surface area (Å²) >= 11 is 2.18. The molecular weight excluding hydrogens is 343 g/mol. The van der Waals surface area contributed by atoms with Crippen molar-refractivity contribution in [2.45, 2.75) is 33.6 Å². The van der Waals surface area contributed by atoms with Crippen LogP contribution < -0.4 is 5.73 Å².